The van der Waals surface area contributed by atoms with Crippen molar-refractivity contribution in [3.05, 3.63) is 76.0 Å². The van der Waals surface area contributed by atoms with E-state index in [1.807, 2.05) is 25.1 Å². The van der Waals surface area contributed by atoms with E-state index < -0.39 is 0 Å². The first kappa shape index (κ1) is 18.9. The lowest BCUT2D eigenvalue weighted by Crippen LogP contribution is -2.20. The van der Waals surface area contributed by atoms with Gasteiger partial charge in [-0.25, -0.2) is 0 Å². The van der Waals surface area contributed by atoms with Crippen LogP contribution in [0.1, 0.15) is 42.5 Å². The molecule has 5 heteroatoms. The molecular weight excluding hydrogens is 368 g/mol. The number of anilines is 1. The molecule has 0 amide bonds. The van der Waals surface area contributed by atoms with Crippen molar-refractivity contribution in [3.63, 3.8) is 0 Å². The molecule has 0 radical (unpaired) electrons. The van der Waals surface area contributed by atoms with E-state index in [0.717, 1.165) is 54.6 Å². The third-order valence-electron chi connectivity index (χ3n) is 5.43. The average Bonchev–Trinajstić information content (AvgIpc) is 2.88. The first-order valence-corrected chi connectivity index (χ1v) is 10.3. The van der Waals surface area contributed by atoms with Gasteiger partial charge in [-0.15, -0.1) is 0 Å². The molecule has 0 aromatic heterocycles. The van der Waals surface area contributed by atoms with Crippen molar-refractivity contribution >= 4 is 28.6 Å². The van der Waals surface area contributed by atoms with Gasteiger partial charge in [-0.1, -0.05) is 35.9 Å². The van der Waals surface area contributed by atoms with E-state index in [4.69, 9.17) is 17.3 Å². The van der Waals surface area contributed by atoms with E-state index >= 15 is 0 Å². The predicted octanol–water partition coefficient (Wildman–Crippen LogP) is 4.51. The Kier molecular flexibility index (Phi) is 5.60. The molecule has 0 saturated heterocycles. The highest BCUT2D eigenvalue weighted by Crippen LogP contribution is 2.35. The SMILES string of the molecule is C/C(N)=C1/NCCC(Nc2cccc(Cl)c2)c2cc(C3=CCNCC3)ccc21. The normalized spacial score (nSPS) is 21.1. The summed E-state index contributed by atoms with van der Waals surface area (Å²) < 4.78 is 0. The minimum atomic E-state index is 0.181. The molecule has 0 spiro atoms. The molecular formula is C23H27ClN4. The summed E-state index contributed by atoms with van der Waals surface area (Å²) in [6.45, 7) is 4.78. The number of hydrogen-bond donors (Lipinski definition) is 4. The van der Waals surface area contributed by atoms with Gasteiger partial charge < -0.3 is 21.7 Å². The van der Waals surface area contributed by atoms with Crippen LogP contribution in [0.25, 0.3) is 11.3 Å². The van der Waals surface area contributed by atoms with Crippen molar-refractivity contribution in [2.24, 2.45) is 5.73 Å². The Morgan fingerprint density at radius 2 is 2.07 bits per heavy atom. The molecule has 4 rings (SSSR count). The summed E-state index contributed by atoms with van der Waals surface area (Å²) in [6, 6.07) is 14.9. The van der Waals surface area contributed by atoms with E-state index in [9.17, 15) is 0 Å². The van der Waals surface area contributed by atoms with Gasteiger partial charge >= 0.3 is 0 Å². The fourth-order valence-electron chi connectivity index (χ4n) is 4.04. The quantitative estimate of drug-likeness (QED) is 0.618. The first-order chi connectivity index (χ1) is 13.6. The molecule has 2 heterocycles. The predicted molar refractivity (Wildman–Crippen MR) is 119 cm³/mol. The average molecular weight is 395 g/mol. The molecule has 2 aromatic rings. The molecule has 0 fully saturated rings. The van der Waals surface area contributed by atoms with Crippen LogP contribution in [0, 0.1) is 0 Å². The Bertz CT molecular complexity index is 928. The van der Waals surface area contributed by atoms with E-state index in [-0.39, 0.29) is 6.04 Å². The van der Waals surface area contributed by atoms with Crippen LogP contribution in [0.5, 0.6) is 0 Å². The van der Waals surface area contributed by atoms with Crippen LogP contribution in [0.2, 0.25) is 5.02 Å². The minimum absolute atomic E-state index is 0.181. The van der Waals surface area contributed by atoms with E-state index in [2.05, 4.69) is 46.3 Å². The first-order valence-electron chi connectivity index (χ1n) is 9.88. The summed E-state index contributed by atoms with van der Waals surface area (Å²) in [5.74, 6) is 0. The number of rotatable bonds is 3. The van der Waals surface area contributed by atoms with Crippen LogP contribution in [0.15, 0.2) is 54.2 Å². The molecule has 1 unspecified atom stereocenters. The van der Waals surface area contributed by atoms with E-state index in [1.54, 1.807) is 0 Å². The van der Waals surface area contributed by atoms with Crippen LogP contribution in [0.4, 0.5) is 5.69 Å². The van der Waals surface area contributed by atoms with Crippen LogP contribution in [-0.2, 0) is 0 Å². The second kappa shape index (κ2) is 8.29. The number of allylic oxidation sites excluding steroid dienone is 1. The lowest BCUT2D eigenvalue weighted by atomic mass is 9.91. The maximum Gasteiger partial charge on any atom is 0.0605 e. The third kappa shape index (κ3) is 4.03. The summed E-state index contributed by atoms with van der Waals surface area (Å²) in [4.78, 5) is 0. The summed E-state index contributed by atoms with van der Waals surface area (Å²) in [7, 11) is 0. The smallest absolute Gasteiger partial charge is 0.0605 e. The van der Waals surface area contributed by atoms with Crippen LogP contribution >= 0.6 is 11.6 Å². The fourth-order valence-corrected chi connectivity index (χ4v) is 4.23. The molecule has 0 aliphatic carbocycles. The minimum Gasteiger partial charge on any atom is -0.401 e. The highest BCUT2D eigenvalue weighted by Gasteiger charge is 2.23. The van der Waals surface area contributed by atoms with E-state index in [0.29, 0.717) is 0 Å². The van der Waals surface area contributed by atoms with Gasteiger partial charge in [-0.05, 0) is 67.3 Å². The van der Waals surface area contributed by atoms with Gasteiger partial charge in [0.15, 0.2) is 0 Å². The highest BCUT2D eigenvalue weighted by atomic mass is 35.5. The van der Waals surface area contributed by atoms with Gasteiger partial charge in [0.1, 0.15) is 0 Å². The van der Waals surface area contributed by atoms with Crippen LogP contribution < -0.4 is 21.7 Å². The molecule has 2 aromatic carbocycles. The van der Waals surface area contributed by atoms with Crippen LogP contribution in [0.3, 0.4) is 0 Å². The summed E-state index contributed by atoms with van der Waals surface area (Å²) >= 11 is 6.20. The third-order valence-corrected chi connectivity index (χ3v) is 5.66. The Balaban J connectivity index is 1.77. The lowest BCUT2D eigenvalue weighted by Gasteiger charge is -2.23. The summed E-state index contributed by atoms with van der Waals surface area (Å²) in [6.07, 6.45) is 4.31. The number of nitrogens with one attached hydrogen (secondary N) is 3. The van der Waals surface area contributed by atoms with Crippen molar-refractivity contribution in [1.29, 1.82) is 0 Å². The standard InChI is InChI=1S/C23H27ClN4/c1-15(25)23-20-6-5-17(16-7-10-26-11-8-16)13-21(20)22(9-12-27-23)28-19-4-2-3-18(24)14-19/h2-7,13-14,22,26-28H,8-12,25H2,1H3/b23-15-. The fraction of sp³-hybridized carbons (Fsp3) is 0.304. The molecule has 2 aliphatic rings. The van der Waals surface area contributed by atoms with E-state index in [1.165, 1.54) is 22.3 Å². The Hall–Kier alpha value is -2.43. The Labute approximate surface area is 171 Å². The molecule has 2 aliphatic heterocycles. The van der Waals surface area contributed by atoms with Gasteiger partial charge in [-0.3, -0.25) is 0 Å². The number of hydrogen-bond acceptors (Lipinski definition) is 4. The number of nitrogens with two attached hydrogens (primary N) is 1. The molecule has 4 nitrogen and oxygen atoms in total. The van der Waals surface area contributed by atoms with Gasteiger partial charge in [0.05, 0.1) is 11.7 Å². The highest BCUT2D eigenvalue weighted by molar-refractivity contribution is 6.30. The zero-order valence-corrected chi connectivity index (χ0v) is 16.9. The second-order valence-corrected chi connectivity index (χ2v) is 7.90. The number of fused-ring (bicyclic) bond motifs is 1. The number of halogens is 1. The molecule has 28 heavy (non-hydrogen) atoms. The van der Waals surface area contributed by atoms with Gasteiger partial charge in [-0.2, -0.15) is 0 Å². The lowest BCUT2D eigenvalue weighted by molar-refractivity contribution is 0.682. The van der Waals surface area contributed by atoms with Gasteiger partial charge in [0.2, 0.25) is 0 Å². The summed E-state index contributed by atoms with van der Waals surface area (Å²) in [5.41, 5.74) is 14.3. The zero-order chi connectivity index (χ0) is 19.5. The van der Waals surface area contributed by atoms with Gasteiger partial charge in [0.25, 0.3) is 0 Å². The van der Waals surface area contributed by atoms with Crippen molar-refractivity contribution in [3.8, 4) is 0 Å². The monoisotopic (exact) mass is 394 g/mol. The van der Waals surface area contributed by atoms with Crippen molar-refractivity contribution in [1.82, 2.24) is 10.6 Å². The van der Waals surface area contributed by atoms with Crippen molar-refractivity contribution in [2.75, 3.05) is 25.0 Å². The number of benzene rings is 2. The molecule has 146 valence electrons. The maximum absolute atomic E-state index is 6.21. The summed E-state index contributed by atoms with van der Waals surface area (Å²) in [5, 5.41) is 11.3. The second-order valence-electron chi connectivity index (χ2n) is 7.47. The zero-order valence-electron chi connectivity index (χ0n) is 16.2. The molecule has 0 saturated carbocycles. The Morgan fingerprint density at radius 3 is 2.82 bits per heavy atom. The molecule has 5 N–H and O–H groups in total. The maximum atomic E-state index is 6.21. The topological polar surface area (TPSA) is 62.1 Å². The molecule has 1 atom stereocenters. The van der Waals surface area contributed by atoms with Gasteiger partial charge in [0, 0.05) is 35.1 Å². The van der Waals surface area contributed by atoms with Crippen LogP contribution in [-0.4, -0.2) is 19.6 Å². The molecule has 0 bridgehead atoms. The van der Waals surface area contributed by atoms with Crippen molar-refractivity contribution in [2.45, 2.75) is 25.8 Å². The van der Waals surface area contributed by atoms with Crippen molar-refractivity contribution < 1.29 is 0 Å². The Morgan fingerprint density at radius 1 is 1.18 bits per heavy atom. The largest absolute Gasteiger partial charge is 0.401 e.